The average molecular weight is 167 g/mol. The Kier molecular flexibility index (Phi) is 2.60. The molecule has 1 aromatic rings. The van der Waals surface area contributed by atoms with Gasteiger partial charge in [-0.15, -0.1) is 0 Å². The number of hydrogen-bond acceptors (Lipinski definition) is 3. The fourth-order valence-corrected chi connectivity index (χ4v) is 1.02. The van der Waals surface area contributed by atoms with Gasteiger partial charge in [0.2, 0.25) is 0 Å². The summed E-state index contributed by atoms with van der Waals surface area (Å²) in [5, 5.41) is 0. The van der Waals surface area contributed by atoms with Crippen molar-refractivity contribution in [3.8, 4) is 0 Å². The summed E-state index contributed by atoms with van der Waals surface area (Å²) in [5.74, 6) is 0.713. The highest BCUT2D eigenvalue weighted by Crippen LogP contribution is 1.92. The van der Waals surface area contributed by atoms with Crippen LogP contribution in [0.3, 0.4) is 0 Å². The van der Waals surface area contributed by atoms with E-state index >= 15 is 0 Å². The average Bonchev–Trinajstić information content (AvgIpc) is 1.81. The molecule has 0 spiro atoms. The molecular weight excluding hydrogens is 154 g/mol. The molecule has 1 heterocycles. The highest BCUT2D eigenvalue weighted by Gasteiger charge is 1.98. The van der Waals surface area contributed by atoms with Gasteiger partial charge in [-0.05, 0) is 21.0 Å². The maximum Gasteiger partial charge on any atom is 0.251 e. The van der Waals surface area contributed by atoms with Crippen LogP contribution in [-0.4, -0.2) is 29.0 Å². The Morgan fingerprint density at radius 3 is 2.75 bits per heavy atom. The van der Waals surface area contributed by atoms with Crippen molar-refractivity contribution in [1.82, 2.24) is 14.9 Å². The van der Waals surface area contributed by atoms with E-state index in [2.05, 4.69) is 9.97 Å². The molecule has 1 N–H and O–H groups in total. The van der Waals surface area contributed by atoms with E-state index in [9.17, 15) is 4.79 Å². The lowest BCUT2D eigenvalue weighted by molar-refractivity contribution is 0.389. The van der Waals surface area contributed by atoms with E-state index in [1.807, 2.05) is 25.9 Å². The van der Waals surface area contributed by atoms with Gasteiger partial charge in [-0.2, -0.15) is 0 Å². The molecule has 0 aliphatic heterocycles. The summed E-state index contributed by atoms with van der Waals surface area (Å²) in [6, 6.07) is 1.49. The normalized spacial score (nSPS) is 10.7. The zero-order valence-electron chi connectivity index (χ0n) is 7.59. The van der Waals surface area contributed by atoms with Crippen LogP contribution in [0.1, 0.15) is 11.5 Å². The van der Waals surface area contributed by atoms with Gasteiger partial charge in [0, 0.05) is 11.8 Å². The predicted octanol–water partition coefficient (Wildman–Crippen LogP) is 0.140. The van der Waals surface area contributed by atoms with E-state index in [4.69, 9.17) is 0 Å². The second-order valence-electron chi connectivity index (χ2n) is 3.07. The predicted molar refractivity (Wildman–Crippen MR) is 47.0 cm³/mol. The van der Waals surface area contributed by atoms with Crippen LogP contribution in [0.4, 0.5) is 0 Å². The lowest BCUT2D eigenvalue weighted by atomic mass is 10.4. The Balaban J connectivity index is 2.93. The van der Waals surface area contributed by atoms with Gasteiger partial charge >= 0.3 is 0 Å². The minimum atomic E-state index is -0.0839. The summed E-state index contributed by atoms with van der Waals surface area (Å²) in [6.07, 6.45) is 0. The number of nitrogens with one attached hydrogen (secondary N) is 1. The summed E-state index contributed by atoms with van der Waals surface area (Å²) < 4.78 is 0. The molecule has 66 valence electrons. The summed E-state index contributed by atoms with van der Waals surface area (Å²) in [5.41, 5.74) is 0.676. The Labute approximate surface area is 71.3 Å². The summed E-state index contributed by atoms with van der Waals surface area (Å²) in [7, 11) is 3.87. The smallest absolute Gasteiger partial charge is 0.251 e. The standard InChI is InChI=1S/C8H13N3O/c1-6-4-8(12)10-7(9-6)5-11(2)3/h4H,5H2,1-3H3,(H,9,10,12). The molecule has 12 heavy (non-hydrogen) atoms. The molecule has 4 heteroatoms. The second kappa shape index (κ2) is 3.49. The van der Waals surface area contributed by atoms with Crippen LogP contribution in [0.2, 0.25) is 0 Å². The van der Waals surface area contributed by atoms with Crippen molar-refractivity contribution in [1.29, 1.82) is 0 Å². The maximum atomic E-state index is 11.0. The first kappa shape index (κ1) is 8.93. The second-order valence-corrected chi connectivity index (χ2v) is 3.07. The fourth-order valence-electron chi connectivity index (χ4n) is 1.02. The van der Waals surface area contributed by atoms with Gasteiger partial charge < -0.3 is 9.88 Å². The number of nitrogens with zero attached hydrogens (tertiary/aromatic N) is 2. The summed E-state index contributed by atoms with van der Waals surface area (Å²) >= 11 is 0. The van der Waals surface area contributed by atoms with Gasteiger partial charge in [0.15, 0.2) is 0 Å². The van der Waals surface area contributed by atoms with E-state index in [1.165, 1.54) is 6.07 Å². The van der Waals surface area contributed by atoms with Crippen molar-refractivity contribution in [2.45, 2.75) is 13.5 Å². The number of aromatic amines is 1. The van der Waals surface area contributed by atoms with Crippen molar-refractivity contribution in [3.05, 3.63) is 27.9 Å². The van der Waals surface area contributed by atoms with Crippen molar-refractivity contribution >= 4 is 0 Å². The third-order valence-electron chi connectivity index (χ3n) is 1.38. The number of hydrogen-bond donors (Lipinski definition) is 1. The number of aromatic nitrogens is 2. The molecular formula is C8H13N3O. The van der Waals surface area contributed by atoms with Gasteiger partial charge in [-0.3, -0.25) is 4.79 Å². The van der Waals surface area contributed by atoms with Crippen molar-refractivity contribution in [3.63, 3.8) is 0 Å². The van der Waals surface area contributed by atoms with Crippen LogP contribution in [0.25, 0.3) is 0 Å². The van der Waals surface area contributed by atoms with Crippen LogP contribution in [0.5, 0.6) is 0 Å². The van der Waals surface area contributed by atoms with Crippen LogP contribution in [0.15, 0.2) is 10.9 Å². The topological polar surface area (TPSA) is 49.0 Å². The van der Waals surface area contributed by atoms with Gasteiger partial charge in [-0.25, -0.2) is 4.98 Å². The molecule has 1 aromatic heterocycles. The quantitative estimate of drug-likeness (QED) is 0.681. The molecule has 0 bridgehead atoms. The molecule has 0 fully saturated rings. The molecule has 0 aromatic carbocycles. The summed E-state index contributed by atoms with van der Waals surface area (Å²) in [6.45, 7) is 2.48. The lowest BCUT2D eigenvalue weighted by Crippen LogP contribution is -2.18. The lowest BCUT2D eigenvalue weighted by Gasteiger charge is -2.08. The molecule has 0 saturated heterocycles. The third-order valence-corrected chi connectivity index (χ3v) is 1.38. The van der Waals surface area contributed by atoms with Crippen molar-refractivity contribution in [2.75, 3.05) is 14.1 Å². The monoisotopic (exact) mass is 167 g/mol. The van der Waals surface area contributed by atoms with Gasteiger partial charge in [0.05, 0.1) is 6.54 Å². The first-order chi connectivity index (χ1) is 5.58. The zero-order chi connectivity index (χ0) is 9.14. The molecule has 0 aliphatic rings. The number of H-pyrrole nitrogens is 1. The molecule has 4 nitrogen and oxygen atoms in total. The molecule has 0 amide bonds. The SMILES string of the molecule is Cc1cc(=O)[nH]c(CN(C)C)n1. The highest BCUT2D eigenvalue weighted by molar-refractivity contribution is 4.99. The Morgan fingerprint density at radius 1 is 1.58 bits per heavy atom. The highest BCUT2D eigenvalue weighted by atomic mass is 16.1. The van der Waals surface area contributed by atoms with Crippen LogP contribution in [0, 0.1) is 6.92 Å². The van der Waals surface area contributed by atoms with E-state index in [0.717, 1.165) is 5.69 Å². The Morgan fingerprint density at radius 2 is 2.25 bits per heavy atom. The Hall–Kier alpha value is -1.16. The molecule has 0 atom stereocenters. The molecule has 1 rings (SSSR count). The zero-order valence-corrected chi connectivity index (χ0v) is 7.59. The largest absolute Gasteiger partial charge is 0.309 e. The van der Waals surface area contributed by atoms with Crippen molar-refractivity contribution < 1.29 is 0 Å². The molecule has 0 unspecified atom stereocenters. The van der Waals surface area contributed by atoms with E-state index in [1.54, 1.807) is 0 Å². The number of aryl methyl sites for hydroxylation is 1. The van der Waals surface area contributed by atoms with Crippen molar-refractivity contribution in [2.24, 2.45) is 0 Å². The van der Waals surface area contributed by atoms with Gasteiger partial charge in [-0.1, -0.05) is 0 Å². The van der Waals surface area contributed by atoms with E-state index in [0.29, 0.717) is 12.4 Å². The first-order valence-electron chi connectivity index (χ1n) is 3.79. The fraction of sp³-hybridized carbons (Fsp3) is 0.500. The van der Waals surface area contributed by atoms with E-state index in [-0.39, 0.29) is 5.56 Å². The van der Waals surface area contributed by atoms with Crippen LogP contribution in [-0.2, 0) is 6.54 Å². The minimum absolute atomic E-state index is 0.0839. The van der Waals surface area contributed by atoms with Gasteiger partial charge in [0.25, 0.3) is 5.56 Å². The van der Waals surface area contributed by atoms with Gasteiger partial charge in [0.1, 0.15) is 5.82 Å². The molecule has 0 aliphatic carbocycles. The Bertz CT molecular complexity index is 316. The van der Waals surface area contributed by atoms with E-state index < -0.39 is 0 Å². The van der Waals surface area contributed by atoms with Crippen LogP contribution >= 0.6 is 0 Å². The maximum absolute atomic E-state index is 11.0. The third kappa shape index (κ3) is 2.47. The first-order valence-corrected chi connectivity index (χ1v) is 3.79. The molecule has 0 radical (unpaired) electrons. The van der Waals surface area contributed by atoms with Crippen LogP contribution < -0.4 is 5.56 Å². The molecule has 0 saturated carbocycles. The summed E-state index contributed by atoms with van der Waals surface area (Å²) in [4.78, 5) is 19.8. The minimum Gasteiger partial charge on any atom is -0.309 e. The number of rotatable bonds is 2.